The molecular weight excluding hydrogens is 417 g/mol. The highest BCUT2D eigenvalue weighted by Gasteiger charge is 2.25. The van der Waals surface area contributed by atoms with E-state index < -0.39 is 17.8 Å². The lowest BCUT2D eigenvalue weighted by Gasteiger charge is -2.17. The van der Waals surface area contributed by atoms with Crippen LogP contribution in [-0.2, 0) is 18.3 Å². The number of carbonyl (C=O) groups excluding carboxylic acids is 2. The Kier molecular flexibility index (Phi) is 6.03. The van der Waals surface area contributed by atoms with Gasteiger partial charge in [0.1, 0.15) is 5.82 Å². The number of carbonyl (C=O) groups is 2. The second kappa shape index (κ2) is 8.89. The number of hydrogen-bond acceptors (Lipinski definition) is 5. The monoisotopic (exact) mass is 439 g/mol. The molecule has 0 spiro atoms. The minimum absolute atomic E-state index is 0.0143. The molecule has 1 atom stereocenters. The Morgan fingerprint density at radius 2 is 1.90 bits per heavy atom. The van der Waals surface area contributed by atoms with Crippen LogP contribution in [0, 0.1) is 5.82 Å². The van der Waals surface area contributed by atoms with Gasteiger partial charge in [-0.1, -0.05) is 42.1 Å². The zero-order valence-electron chi connectivity index (χ0n) is 17.2. The number of thioether (sulfide) groups is 1. The first-order valence-corrected chi connectivity index (χ1v) is 10.9. The fraction of sp³-hybridized carbons (Fsp3) is 0.273. The molecule has 1 N–H and O–H groups in total. The van der Waals surface area contributed by atoms with Gasteiger partial charge in [-0.25, -0.2) is 4.39 Å². The molecule has 9 heteroatoms. The second-order valence-electron chi connectivity index (χ2n) is 7.29. The van der Waals surface area contributed by atoms with Gasteiger partial charge in [-0.3, -0.25) is 9.59 Å². The van der Waals surface area contributed by atoms with Gasteiger partial charge in [0.05, 0.1) is 17.4 Å². The summed E-state index contributed by atoms with van der Waals surface area (Å²) in [6.07, 6.45) is 0.861. The third-order valence-electron chi connectivity index (χ3n) is 5.23. The topological polar surface area (TPSA) is 80.1 Å². The molecule has 2 amide bonds. The summed E-state index contributed by atoms with van der Waals surface area (Å²) in [7, 11) is 1.78. The van der Waals surface area contributed by atoms with Crippen LogP contribution in [0.1, 0.15) is 34.7 Å². The number of fused-ring (bicyclic) bond motifs is 1. The van der Waals surface area contributed by atoms with Crippen LogP contribution in [0.5, 0.6) is 0 Å². The van der Waals surface area contributed by atoms with E-state index in [0.29, 0.717) is 17.5 Å². The molecule has 31 heavy (non-hydrogen) atoms. The Hall–Kier alpha value is -3.20. The molecule has 0 fully saturated rings. The molecule has 4 rings (SSSR count). The van der Waals surface area contributed by atoms with E-state index in [9.17, 15) is 14.0 Å². The number of rotatable bonds is 6. The maximum absolute atomic E-state index is 13.8. The number of para-hydroxylation sites is 1. The number of halogens is 1. The Labute approximate surface area is 183 Å². The summed E-state index contributed by atoms with van der Waals surface area (Å²) in [6, 6.07) is 13.2. The standard InChI is InChI=1S/C22H22FN5O2S/c1-14(24-21(30)16-8-4-5-9-17(16)23)20-25-26-22(27(20)2)31-13-19(29)28-12-11-15-7-3-6-10-18(15)28/h3-10,14H,11-13H2,1-2H3,(H,24,30)/t14-/m0/s1. The summed E-state index contributed by atoms with van der Waals surface area (Å²) in [5.41, 5.74) is 2.13. The first-order chi connectivity index (χ1) is 15.0. The van der Waals surface area contributed by atoms with Gasteiger partial charge in [0.15, 0.2) is 11.0 Å². The lowest BCUT2D eigenvalue weighted by molar-refractivity contribution is -0.116. The first kappa shape index (κ1) is 21.0. The summed E-state index contributed by atoms with van der Waals surface area (Å²) in [6.45, 7) is 2.44. The van der Waals surface area contributed by atoms with Crippen molar-refractivity contribution in [2.24, 2.45) is 7.05 Å². The molecule has 1 aliphatic rings. The number of amides is 2. The zero-order chi connectivity index (χ0) is 22.0. The van der Waals surface area contributed by atoms with Crippen LogP contribution in [-0.4, -0.2) is 38.9 Å². The second-order valence-corrected chi connectivity index (χ2v) is 8.23. The highest BCUT2D eigenvalue weighted by atomic mass is 32.2. The van der Waals surface area contributed by atoms with Gasteiger partial charge < -0.3 is 14.8 Å². The molecule has 3 aromatic rings. The van der Waals surface area contributed by atoms with E-state index in [2.05, 4.69) is 15.5 Å². The first-order valence-electron chi connectivity index (χ1n) is 9.91. The molecule has 2 heterocycles. The lowest BCUT2D eigenvalue weighted by atomic mass is 10.2. The fourth-order valence-electron chi connectivity index (χ4n) is 3.61. The van der Waals surface area contributed by atoms with Gasteiger partial charge in [-0.15, -0.1) is 10.2 Å². The fourth-order valence-corrected chi connectivity index (χ4v) is 4.41. The third-order valence-corrected chi connectivity index (χ3v) is 6.24. The molecule has 0 unspecified atom stereocenters. The van der Waals surface area contributed by atoms with Crippen molar-refractivity contribution in [1.82, 2.24) is 20.1 Å². The van der Waals surface area contributed by atoms with E-state index in [0.717, 1.165) is 12.1 Å². The van der Waals surface area contributed by atoms with Crippen molar-refractivity contribution in [3.63, 3.8) is 0 Å². The molecular formula is C22H22FN5O2S. The summed E-state index contributed by atoms with van der Waals surface area (Å²) >= 11 is 1.30. The molecule has 0 aliphatic carbocycles. The maximum Gasteiger partial charge on any atom is 0.254 e. The molecule has 0 bridgehead atoms. The predicted octanol–water partition coefficient (Wildman–Crippen LogP) is 3.13. The van der Waals surface area contributed by atoms with E-state index in [1.807, 2.05) is 24.3 Å². The van der Waals surface area contributed by atoms with Gasteiger partial charge in [0.25, 0.3) is 5.91 Å². The van der Waals surface area contributed by atoms with Crippen molar-refractivity contribution < 1.29 is 14.0 Å². The summed E-state index contributed by atoms with van der Waals surface area (Å²) in [5, 5.41) is 11.6. The summed E-state index contributed by atoms with van der Waals surface area (Å²) < 4.78 is 15.6. The van der Waals surface area contributed by atoms with Gasteiger partial charge >= 0.3 is 0 Å². The van der Waals surface area contributed by atoms with Crippen LogP contribution < -0.4 is 10.2 Å². The van der Waals surface area contributed by atoms with Crippen LogP contribution >= 0.6 is 11.8 Å². The number of hydrogen-bond donors (Lipinski definition) is 1. The van der Waals surface area contributed by atoms with Gasteiger partial charge in [-0.2, -0.15) is 0 Å². The Balaban J connectivity index is 1.39. The van der Waals surface area contributed by atoms with E-state index in [4.69, 9.17) is 0 Å². The summed E-state index contributed by atoms with van der Waals surface area (Å²) in [5.74, 6) is -0.336. The predicted molar refractivity (Wildman–Crippen MR) is 117 cm³/mol. The van der Waals surface area contributed by atoms with Crippen LogP contribution in [0.3, 0.4) is 0 Å². The van der Waals surface area contributed by atoms with E-state index in [1.165, 1.54) is 35.5 Å². The van der Waals surface area contributed by atoms with Crippen molar-refractivity contribution in [2.75, 3.05) is 17.2 Å². The van der Waals surface area contributed by atoms with Gasteiger partial charge in [-0.05, 0) is 37.1 Å². The Bertz CT molecular complexity index is 1130. The van der Waals surface area contributed by atoms with E-state index >= 15 is 0 Å². The molecule has 0 saturated heterocycles. The highest BCUT2D eigenvalue weighted by Crippen LogP contribution is 2.29. The van der Waals surface area contributed by atoms with Crippen molar-refractivity contribution in [3.05, 3.63) is 71.3 Å². The minimum Gasteiger partial charge on any atom is -0.342 e. The third kappa shape index (κ3) is 4.32. The zero-order valence-corrected chi connectivity index (χ0v) is 18.0. The minimum atomic E-state index is -0.580. The molecule has 0 saturated carbocycles. The van der Waals surface area contributed by atoms with Crippen molar-refractivity contribution >= 4 is 29.3 Å². The molecule has 2 aromatic carbocycles. The highest BCUT2D eigenvalue weighted by molar-refractivity contribution is 7.99. The average Bonchev–Trinajstić information content (AvgIpc) is 3.36. The average molecular weight is 440 g/mol. The van der Waals surface area contributed by atoms with Crippen LogP contribution in [0.2, 0.25) is 0 Å². The lowest BCUT2D eigenvalue weighted by Crippen LogP contribution is -2.30. The quantitative estimate of drug-likeness (QED) is 0.597. The number of benzene rings is 2. The van der Waals surface area contributed by atoms with Crippen LogP contribution in [0.4, 0.5) is 10.1 Å². The van der Waals surface area contributed by atoms with Crippen LogP contribution in [0.15, 0.2) is 53.7 Å². The van der Waals surface area contributed by atoms with Crippen molar-refractivity contribution in [3.8, 4) is 0 Å². The Morgan fingerprint density at radius 1 is 1.16 bits per heavy atom. The van der Waals surface area contributed by atoms with Crippen molar-refractivity contribution in [1.29, 1.82) is 0 Å². The number of aromatic nitrogens is 3. The van der Waals surface area contributed by atoms with E-state index in [-0.39, 0.29) is 17.2 Å². The SMILES string of the molecule is C[C@H](NC(=O)c1ccccc1F)c1nnc(SCC(=O)N2CCc3ccccc32)n1C. The summed E-state index contributed by atoms with van der Waals surface area (Å²) in [4.78, 5) is 26.9. The normalized spacial score (nSPS) is 13.7. The van der Waals surface area contributed by atoms with Gasteiger partial charge in [0, 0.05) is 19.3 Å². The smallest absolute Gasteiger partial charge is 0.254 e. The Morgan fingerprint density at radius 3 is 2.71 bits per heavy atom. The van der Waals surface area contributed by atoms with Crippen molar-refractivity contribution in [2.45, 2.75) is 24.5 Å². The van der Waals surface area contributed by atoms with E-state index in [1.54, 1.807) is 29.5 Å². The number of anilines is 1. The molecule has 1 aromatic heterocycles. The number of nitrogens with one attached hydrogen (secondary N) is 1. The largest absolute Gasteiger partial charge is 0.342 e. The van der Waals surface area contributed by atoms with Crippen LogP contribution in [0.25, 0.3) is 0 Å². The maximum atomic E-state index is 13.8. The molecule has 160 valence electrons. The molecule has 7 nitrogen and oxygen atoms in total. The molecule has 1 aliphatic heterocycles. The van der Waals surface area contributed by atoms with Gasteiger partial charge in [0.2, 0.25) is 5.91 Å². The number of nitrogens with zero attached hydrogens (tertiary/aromatic N) is 4. The molecule has 0 radical (unpaired) electrons.